The highest BCUT2D eigenvalue weighted by Gasteiger charge is 2.28. The summed E-state index contributed by atoms with van der Waals surface area (Å²) in [4.78, 5) is 23.1. The topological polar surface area (TPSA) is 46.2 Å². The summed E-state index contributed by atoms with van der Waals surface area (Å²) >= 11 is 0. The highest BCUT2D eigenvalue weighted by atomic mass is 16.2. The largest absolute Gasteiger partial charge is 0.342 e. The number of Topliss-reactive ketones (excluding diaryl/α,β-unsaturated/α-hetero) is 1. The van der Waals surface area contributed by atoms with Crippen LogP contribution in [0, 0.1) is 5.92 Å². The highest BCUT2D eigenvalue weighted by Crippen LogP contribution is 2.18. The van der Waals surface area contributed by atoms with E-state index in [4.69, 9.17) is 0 Å². The Morgan fingerprint density at radius 1 is 1.43 bits per heavy atom. The minimum atomic E-state index is -0.314. The molecule has 0 aromatic carbocycles. The Labute approximate surface area is 84.6 Å². The van der Waals surface area contributed by atoms with Gasteiger partial charge in [-0.05, 0) is 20.3 Å². The molecular formula is C11H17NO2. The van der Waals surface area contributed by atoms with Crippen molar-refractivity contribution in [2.75, 3.05) is 0 Å². The molecule has 0 fully saturated rings. The third kappa shape index (κ3) is 2.03. The van der Waals surface area contributed by atoms with E-state index in [1.165, 1.54) is 0 Å². The molecule has 14 heavy (non-hydrogen) atoms. The van der Waals surface area contributed by atoms with Crippen LogP contribution in [-0.4, -0.2) is 17.7 Å². The van der Waals surface area contributed by atoms with E-state index in [0.717, 1.165) is 11.1 Å². The average molecular weight is 195 g/mol. The third-order valence-corrected chi connectivity index (χ3v) is 2.71. The van der Waals surface area contributed by atoms with E-state index in [-0.39, 0.29) is 23.7 Å². The minimum Gasteiger partial charge on any atom is -0.342 e. The molecule has 0 aromatic heterocycles. The van der Waals surface area contributed by atoms with Crippen LogP contribution in [0.4, 0.5) is 0 Å². The number of amides is 1. The molecule has 0 aromatic rings. The van der Waals surface area contributed by atoms with Crippen LogP contribution >= 0.6 is 0 Å². The summed E-state index contributed by atoms with van der Waals surface area (Å²) in [6, 6.07) is -0.314. The molecule has 1 unspecified atom stereocenters. The maximum Gasteiger partial charge on any atom is 0.247 e. The zero-order valence-electron chi connectivity index (χ0n) is 9.18. The van der Waals surface area contributed by atoms with Gasteiger partial charge in [0, 0.05) is 11.5 Å². The number of hydrogen-bond donors (Lipinski definition) is 1. The molecule has 0 saturated heterocycles. The van der Waals surface area contributed by atoms with Crippen LogP contribution in [-0.2, 0) is 9.59 Å². The first kappa shape index (κ1) is 11.0. The van der Waals surface area contributed by atoms with Crippen LogP contribution in [0.15, 0.2) is 11.1 Å². The van der Waals surface area contributed by atoms with Crippen LogP contribution in [0.2, 0.25) is 0 Å². The van der Waals surface area contributed by atoms with Crippen LogP contribution in [0.1, 0.15) is 34.1 Å². The van der Waals surface area contributed by atoms with E-state index in [2.05, 4.69) is 5.32 Å². The van der Waals surface area contributed by atoms with Gasteiger partial charge in [-0.3, -0.25) is 9.59 Å². The molecule has 0 aliphatic carbocycles. The van der Waals surface area contributed by atoms with E-state index < -0.39 is 0 Å². The molecule has 0 radical (unpaired) electrons. The fourth-order valence-electron chi connectivity index (χ4n) is 1.54. The number of ketones is 1. The van der Waals surface area contributed by atoms with Crippen molar-refractivity contribution in [2.24, 2.45) is 5.92 Å². The second-order valence-corrected chi connectivity index (χ2v) is 4.19. The predicted octanol–water partition coefficient (Wildman–Crippen LogP) is 1.44. The Balaban J connectivity index is 2.81. The Morgan fingerprint density at radius 2 is 2.00 bits per heavy atom. The summed E-state index contributed by atoms with van der Waals surface area (Å²) in [6.07, 6.45) is 0.661. The molecule has 0 spiro atoms. The molecule has 1 atom stereocenters. The van der Waals surface area contributed by atoms with Gasteiger partial charge in [-0.1, -0.05) is 19.4 Å². The first-order chi connectivity index (χ1) is 6.43. The average Bonchev–Trinajstić information content (AvgIpc) is 2.12. The Morgan fingerprint density at radius 3 is 2.43 bits per heavy atom. The SMILES string of the molecule is CC1=C(C)C(=O)NC(C(=O)C(C)C)C1. The molecular weight excluding hydrogens is 178 g/mol. The molecule has 1 N–H and O–H groups in total. The van der Waals surface area contributed by atoms with Crippen molar-refractivity contribution in [3.63, 3.8) is 0 Å². The first-order valence-electron chi connectivity index (χ1n) is 4.94. The van der Waals surface area contributed by atoms with E-state index in [0.29, 0.717) is 6.42 Å². The maximum atomic E-state index is 11.7. The van der Waals surface area contributed by atoms with Crippen LogP contribution in [0.25, 0.3) is 0 Å². The molecule has 78 valence electrons. The number of rotatable bonds is 2. The Bertz CT molecular complexity index is 302. The quantitative estimate of drug-likeness (QED) is 0.724. The molecule has 1 aliphatic rings. The van der Waals surface area contributed by atoms with Crippen LogP contribution in [0.3, 0.4) is 0 Å². The minimum absolute atomic E-state index is 0.0218. The van der Waals surface area contributed by atoms with Crippen molar-refractivity contribution in [2.45, 2.75) is 40.2 Å². The highest BCUT2D eigenvalue weighted by molar-refractivity contribution is 5.99. The fraction of sp³-hybridized carbons (Fsp3) is 0.636. The lowest BCUT2D eigenvalue weighted by atomic mass is 9.91. The Kier molecular flexibility index (Phi) is 3.09. The molecule has 3 nitrogen and oxygen atoms in total. The van der Waals surface area contributed by atoms with Gasteiger partial charge in [0.2, 0.25) is 5.91 Å². The second kappa shape index (κ2) is 3.95. The van der Waals surface area contributed by atoms with Gasteiger partial charge in [-0.2, -0.15) is 0 Å². The van der Waals surface area contributed by atoms with E-state index in [1.54, 1.807) is 6.92 Å². The molecule has 1 amide bonds. The molecule has 0 bridgehead atoms. The first-order valence-corrected chi connectivity index (χ1v) is 4.94. The molecule has 3 heteroatoms. The van der Waals surface area contributed by atoms with Crippen molar-refractivity contribution in [1.82, 2.24) is 5.32 Å². The summed E-state index contributed by atoms with van der Waals surface area (Å²) in [5.74, 6) is -0.00976. The molecule has 1 aliphatic heterocycles. The number of carbonyl (C=O) groups excluding carboxylic acids is 2. The third-order valence-electron chi connectivity index (χ3n) is 2.71. The zero-order valence-corrected chi connectivity index (χ0v) is 9.18. The van der Waals surface area contributed by atoms with E-state index in [9.17, 15) is 9.59 Å². The second-order valence-electron chi connectivity index (χ2n) is 4.19. The lowest BCUT2D eigenvalue weighted by molar-refractivity contribution is -0.128. The summed E-state index contributed by atoms with van der Waals surface area (Å²) < 4.78 is 0. The van der Waals surface area contributed by atoms with Gasteiger partial charge >= 0.3 is 0 Å². The monoisotopic (exact) mass is 195 g/mol. The van der Waals surface area contributed by atoms with Crippen molar-refractivity contribution in [3.8, 4) is 0 Å². The van der Waals surface area contributed by atoms with Crippen LogP contribution in [0.5, 0.6) is 0 Å². The summed E-state index contributed by atoms with van der Waals surface area (Å²) in [6.45, 7) is 7.42. The van der Waals surface area contributed by atoms with Gasteiger partial charge in [0.05, 0.1) is 6.04 Å². The summed E-state index contributed by atoms with van der Waals surface area (Å²) in [5.41, 5.74) is 1.77. The van der Waals surface area contributed by atoms with Crippen molar-refractivity contribution < 1.29 is 9.59 Å². The van der Waals surface area contributed by atoms with Gasteiger partial charge in [0.1, 0.15) is 0 Å². The van der Waals surface area contributed by atoms with Gasteiger partial charge in [-0.25, -0.2) is 0 Å². The predicted molar refractivity (Wildman–Crippen MR) is 54.8 cm³/mol. The number of carbonyl (C=O) groups is 2. The van der Waals surface area contributed by atoms with Crippen molar-refractivity contribution >= 4 is 11.7 Å². The van der Waals surface area contributed by atoms with E-state index in [1.807, 2.05) is 20.8 Å². The zero-order chi connectivity index (χ0) is 10.9. The van der Waals surface area contributed by atoms with Gasteiger partial charge in [-0.15, -0.1) is 0 Å². The van der Waals surface area contributed by atoms with Gasteiger partial charge in [0.15, 0.2) is 5.78 Å². The summed E-state index contributed by atoms with van der Waals surface area (Å²) in [5, 5.41) is 2.73. The molecule has 1 heterocycles. The molecule has 1 rings (SSSR count). The van der Waals surface area contributed by atoms with Gasteiger partial charge in [0.25, 0.3) is 0 Å². The number of hydrogen-bond acceptors (Lipinski definition) is 2. The Hall–Kier alpha value is -1.12. The van der Waals surface area contributed by atoms with Crippen molar-refractivity contribution in [3.05, 3.63) is 11.1 Å². The smallest absolute Gasteiger partial charge is 0.247 e. The normalized spacial score (nSPS) is 22.6. The van der Waals surface area contributed by atoms with Crippen molar-refractivity contribution in [1.29, 1.82) is 0 Å². The fourth-order valence-corrected chi connectivity index (χ4v) is 1.54. The van der Waals surface area contributed by atoms with Crippen LogP contribution < -0.4 is 5.32 Å². The van der Waals surface area contributed by atoms with E-state index >= 15 is 0 Å². The number of nitrogens with one attached hydrogen (secondary N) is 1. The summed E-state index contributed by atoms with van der Waals surface area (Å²) in [7, 11) is 0. The standard InChI is InChI=1S/C11H17NO2/c1-6(2)10(13)9-5-7(3)8(4)11(14)12-9/h6,9H,5H2,1-4H3,(H,12,14). The molecule has 0 saturated carbocycles. The maximum absolute atomic E-state index is 11.7. The lowest BCUT2D eigenvalue weighted by Gasteiger charge is -2.25. The van der Waals surface area contributed by atoms with Gasteiger partial charge < -0.3 is 5.32 Å². The lowest BCUT2D eigenvalue weighted by Crippen LogP contribution is -2.46.